The van der Waals surface area contributed by atoms with Gasteiger partial charge in [0.15, 0.2) is 0 Å². The number of rotatable bonds is 5. The number of alkyl halides is 3. The van der Waals surface area contributed by atoms with Crippen molar-refractivity contribution in [3.63, 3.8) is 0 Å². The molecule has 0 radical (unpaired) electrons. The predicted octanol–water partition coefficient (Wildman–Crippen LogP) is 4.25. The Labute approximate surface area is 170 Å². The number of pyridine rings is 1. The Bertz CT molecular complexity index is 1050. The summed E-state index contributed by atoms with van der Waals surface area (Å²) in [5.74, 6) is -0.880. The first-order valence-electron chi connectivity index (χ1n) is 8.52. The molecule has 0 aliphatic heterocycles. The first-order valence-corrected chi connectivity index (χ1v) is 10.4. The highest BCUT2D eigenvalue weighted by atomic mass is 35.5. The van der Waals surface area contributed by atoms with E-state index in [0.717, 1.165) is 18.2 Å². The van der Waals surface area contributed by atoms with Crippen LogP contribution in [0.1, 0.15) is 28.9 Å². The Hall–Kier alpha value is -2.39. The fourth-order valence-electron chi connectivity index (χ4n) is 2.98. The summed E-state index contributed by atoms with van der Waals surface area (Å²) in [4.78, 5) is 15.4. The zero-order chi connectivity index (χ0) is 21.4. The van der Waals surface area contributed by atoms with Crippen molar-refractivity contribution in [3.05, 3.63) is 70.4 Å². The first-order chi connectivity index (χ1) is 13.5. The highest BCUT2D eigenvalue weighted by Crippen LogP contribution is 2.39. The monoisotopic (exact) mass is 444 g/mol. The van der Waals surface area contributed by atoms with Gasteiger partial charge in [-0.3, -0.25) is 4.79 Å². The number of aromatic nitrogens is 1. The zero-order valence-electron chi connectivity index (χ0n) is 14.9. The van der Waals surface area contributed by atoms with Crippen LogP contribution >= 0.6 is 11.6 Å². The van der Waals surface area contributed by atoms with Crippen LogP contribution in [0.15, 0.2) is 59.0 Å². The molecular weight excluding hydrogens is 429 g/mol. The quantitative estimate of drug-likeness (QED) is 0.748. The highest BCUT2D eigenvalue weighted by molar-refractivity contribution is 7.95. The molecule has 0 saturated heterocycles. The molecule has 1 aliphatic carbocycles. The van der Waals surface area contributed by atoms with Crippen LogP contribution in [0.3, 0.4) is 0 Å². The van der Waals surface area contributed by atoms with E-state index in [9.17, 15) is 26.4 Å². The number of allylic oxidation sites excluding steroid dienone is 1. The minimum absolute atomic E-state index is 0.160. The van der Waals surface area contributed by atoms with Crippen molar-refractivity contribution in [3.8, 4) is 0 Å². The average molecular weight is 445 g/mol. The number of hydrogen-bond donors (Lipinski definition) is 1. The molecule has 2 aromatic rings. The van der Waals surface area contributed by atoms with Gasteiger partial charge in [-0.05, 0) is 49.1 Å². The van der Waals surface area contributed by atoms with E-state index in [1.807, 2.05) is 0 Å². The van der Waals surface area contributed by atoms with Gasteiger partial charge in [0, 0.05) is 17.1 Å². The van der Waals surface area contributed by atoms with Gasteiger partial charge in [0.25, 0.3) is 5.91 Å². The lowest BCUT2D eigenvalue weighted by Gasteiger charge is -2.36. The number of hydrogen-bond acceptors (Lipinski definition) is 4. The second-order valence-electron chi connectivity index (χ2n) is 6.70. The number of amides is 1. The summed E-state index contributed by atoms with van der Waals surface area (Å²) >= 11 is 5.72. The van der Waals surface area contributed by atoms with Crippen molar-refractivity contribution in [2.24, 2.45) is 5.92 Å². The van der Waals surface area contributed by atoms with Crippen molar-refractivity contribution >= 4 is 27.3 Å². The number of nitrogens with one attached hydrogen (secondary N) is 1. The maximum absolute atomic E-state index is 12.9. The normalized spacial score (nSPS) is 19.3. The number of benzene rings is 1. The molecule has 1 fully saturated rings. The summed E-state index contributed by atoms with van der Waals surface area (Å²) in [6.07, 6.45) is -2.68. The lowest BCUT2D eigenvalue weighted by atomic mass is 9.80. The number of nitrogens with zero attached hydrogens (tertiary/aromatic N) is 1. The molecule has 1 aromatic heterocycles. The van der Waals surface area contributed by atoms with Crippen molar-refractivity contribution in [1.29, 1.82) is 0 Å². The van der Waals surface area contributed by atoms with E-state index in [0.29, 0.717) is 23.9 Å². The molecule has 1 heterocycles. The van der Waals surface area contributed by atoms with Gasteiger partial charge >= 0.3 is 6.18 Å². The van der Waals surface area contributed by atoms with Crippen LogP contribution in [0.2, 0.25) is 5.02 Å². The Morgan fingerprint density at radius 1 is 1.21 bits per heavy atom. The van der Waals surface area contributed by atoms with Crippen LogP contribution in [0.25, 0.3) is 0 Å². The van der Waals surface area contributed by atoms with Crippen molar-refractivity contribution in [2.75, 3.05) is 0 Å². The van der Waals surface area contributed by atoms with Gasteiger partial charge in [-0.15, -0.1) is 0 Å². The number of carbonyl (C=O) groups excluding carboxylic acids is 1. The molecule has 1 N–H and O–H groups in total. The summed E-state index contributed by atoms with van der Waals surface area (Å²) < 4.78 is 63.9. The van der Waals surface area contributed by atoms with E-state index in [1.54, 1.807) is 0 Å². The van der Waals surface area contributed by atoms with E-state index >= 15 is 0 Å². The average Bonchev–Trinajstić information content (AvgIpc) is 2.63. The summed E-state index contributed by atoms with van der Waals surface area (Å²) in [5, 5.41) is 3.12. The van der Waals surface area contributed by atoms with Crippen molar-refractivity contribution < 1.29 is 26.4 Å². The molecule has 1 saturated carbocycles. The summed E-state index contributed by atoms with van der Waals surface area (Å²) in [7, 11) is -4.12. The fourth-order valence-corrected chi connectivity index (χ4v) is 4.56. The maximum atomic E-state index is 12.9. The zero-order valence-corrected chi connectivity index (χ0v) is 16.5. The SMILES string of the molecule is C=C([C@H]1C[C@H](NC(=O)c2ccc(Cl)cn2)C1)S(=O)(=O)c1cccc(C(F)(F)F)c1. The third-order valence-corrected chi connectivity index (χ3v) is 6.83. The molecular formula is C19H16ClF3N2O3S. The van der Waals surface area contributed by atoms with Crippen LogP contribution in [-0.4, -0.2) is 25.4 Å². The van der Waals surface area contributed by atoms with E-state index < -0.39 is 38.3 Å². The molecule has 0 unspecified atom stereocenters. The third-order valence-electron chi connectivity index (χ3n) is 4.71. The molecule has 0 atom stereocenters. The van der Waals surface area contributed by atoms with Gasteiger partial charge in [0.2, 0.25) is 9.84 Å². The lowest BCUT2D eigenvalue weighted by Crippen LogP contribution is -2.45. The largest absolute Gasteiger partial charge is 0.416 e. The first kappa shape index (κ1) is 21.3. The Morgan fingerprint density at radius 2 is 1.90 bits per heavy atom. The van der Waals surface area contributed by atoms with Gasteiger partial charge in [0.05, 0.1) is 15.5 Å². The Balaban J connectivity index is 1.64. The molecule has 1 aromatic carbocycles. The van der Waals surface area contributed by atoms with Gasteiger partial charge in [-0.1, -0.05) is 24.2 Å². The van der Waals surface area contributed by atoms with Crippen LogP contribution in [-0.2, 0) is 16.0 Å². The molecule has 1 amide bonds. The van der Waals surface area contributed by atoms with Crippen LogP contribution in [0.5, 0.6) is 0 Å². The molecule has 154 valence electrons. The van der Waals surface area contributed by atoms with Crippen LogP contribution < -0.4 is 5.32 Å². The van der Waals surface area contributed by atoms with E-state index in [1.165, 1.54) is 18.3 Å². The molecule has 0 bridgehead atoms. The van der Waals surface area contributed by atoms with Crippen molar-refractivity contribution in [2.45, 2.75) is 30.0 Å². The topological polar surface area (TPSA) is 76.1 Å². The van der Waals surface area contributed by atoms with Gasteiger partial charge in [-0.25, -0.2) is 13.4 Å². The standard InChI is InChI=1S/C19H16ClF3N2O3S/c1-11(29(27,28)16-4-2-3-13(9-16)19(21,22)23)12-7-15(8-12)25-18(26)17-6-5-14(20)10-24-17/h2-6,9-10,12,15H,1,7-8H2,(H,25,26)/t12-,15-. The molecule has 10 heteroatoms. The number of carbonyl (C=O) groups is 1. The number of halogens is 4. The molecule has 0 spiro atoms. The molecule has 3 rings (SSSR count). The Morgan fingerprint density at radius 3 is 2.48 bits per heavy atom. The van der Waals surface area contributed by atoms with E-state index in [2.05, 4.69) is 16.9 Å². The van der Waals surface area contributed by atoms with Crippen LogP contribution in [0, 0.1) is 5.92 Å². The lowest BCUT2D eigenvalue weighted by molar-refractivity contribution is -0.137. The predicted molar refractivity (Wildman–Crippen MR) is 101 cm³/mol. The van der Waals surface area contributed by atoms with Gasteiger partial charge in [0.1, 0.15) is 5.69 Å². The fraction of sp³-hybridized carbons (Fsp3) is 0.263. The molecule has 5 nitrogen and oxygen atoms in total. The minimum Gasteiger partial charge on any atom is -0.348 e. The summed E-state index contributed by atoms with van der Waals surface area (Å²) in [6.45, 7) is 3.59. The summed E-state index contributed by atoms with van der Waals surface area (Å²) in [5.41, 5.74) is -0.867. The smallest absolute Gasteiger partial charge is 0.348 e. The third kappa shape index (κ3) is 4.62. The second-order valence-corrected chi connectivity index (χ2v) is 9.13. The Kier molecular flexibility index (Phi) is 5.73. The maximum Gasteiger partial charge on any atom is 0.416 e. The second kappa shape index (κ2) is 7.79. The van der Waals surface area contributed by atoms with Crippen LogP contribution in [0.4, 0.5) is 13.2 Å². The summed E-state index contributed by atoms with van der Waals surface area (Å²) in [6, 6.07) is 6.28. The molecule has 1 aliphatic rings. The van der Waals surface area contributed by atoms with Gasteiger partial charge < -0.3 is 5.32 Å². The highest BCUT2D eigenvalue weighted by Gasteiger charge is 2.38. The van der Waals surface area contributed by atoms with E-state index in [-0.39, 0.29) is 16.6 Å². The number of sulfone groups is 1. The van der Waals surface area contributed by atoms with Crippen molar-refractivity contribution in [1.82, 2.24) is 10.3 Å². The molecule has 29 heavy (non-hydrogen) atoms. The minimum atomic E-state index is -4.64. The van der Waals surface area contributed by atoms with Gasteiger partial charge in [-0.2, -0.15) is 13.2 Å². The van der Waals surface area contributed by atoms with E-state index in [4.69, 9.17) is 11.6 Å².